The summed E-state index contributed by atoms with van der Waals surface area (Å²) in [5.41, 5.74) is 1.35. The average Bonchev–Trinajstić information content (AvgIpc) is 3.17. The summed E-state index contributed by atoms with van der Waals surface area (Å²) >= 11 is 15.5. The van der Waals surface area contributed by atoms with Crippen LogP contribution in [0, 0.1) is 0 Å². The van der Waals surface area contributed by atoms with Gasteiger partial charge in [0.05, 0.1) is 10.5 Å². The highest BCUT2D eigenvalue weighted by Crippen LogP contribution is 2.30. The molecule has 0 bridgehead atoms. The zero-order valence-corrected chi connectivity index (χ0v) is 20.4. The average molecular weight is 513 g/mol. The maximum atomic E-state index is 12.4. The summed E-state index contributed by atoms with van der Waals surface area (Å²) in [5.74, 6) is -0.306. The summed E-state index contributed by atoms with van der Waals surface area (Å²) in [4.78, 5) is 29.2. The van der Waals surface area contributed by atoms with Crippen molar-refractivity contribution in [3.8, 4) is 0 Å². The number of carbonyl (C=O) groups excluding carboxylic acids is 2. The van der Waals surface area contributed by atoms with Crippen molar-refractivity contribution in [2.24, 2.45) is 0 Å². The Morgan fingerprint density at radius 1 is 0.839 bits per heavy atom. The van der Waals surface area contributed by atoms with Gasteiger partial charge in [-0.3, -0.25) is 9.59 Å². The van der Waals surface area contributed by atoms with E-state index < -0.39 is 5.25 Å². The molecule has 0 aliphatic carbocycles. The molecule has 31 heavy (non-hydrogen) atoms. The van der Waals surface area contributed by atoms with Crippen LogP contribution in [0.25, 0.3) is 0 Å². The fourth-order valence-electron chi connectivity index (χ4n) is 2.26. The predicted octanol–water partition coefficient (Wildman–Crippen LogP) is 6.08. The molecule has 2 amide bonds. The van der Waals surface area contributed by atoms with Crippen molar-refractivity contribution in [2.45, 2.75) is 33.8 Å². The van der Waals surface area contributed by atoms with E-state index in [2.05, 4.69) is 20.0 Å². The largest absolute Gasteiger partial charge is 0.325 e. The first-order chi connectivity index (χ1) is 14.8. The summed E-state index contributed by atoms with van der Waals surface area (Å²) in [5, 5.41) is 6.62. The lowest BCUT2D eigenvalue weighted by Gasteiger charge is -2.10. The van der Waals surface area contributed by atoms with E-state index in [9.17, 15) is 9.59 Å². The van der Waals surface area contributed by atoms with Crippen LogP contribution >= 0.6 is 58.3 Å². The van der Waals surface area contributed by atoms with E-state index in [0.29, 0.717) is 30.9 Å². The first-order valence-electron chi connectivity index (χ1n) is 9.10. The van der Waals surface area contributed by atoms with E-state index in [1.165, 1.54) is 35.1 Å². The van der Waals surface area contributed by atoms with Gasteiger partial charge in [-0.05, 0) is 73.9 Å². The smallest absolute Gasteiger partial charge is 0.237 e. The molecule has 0 radical (unpaired) electrons. The maximum absolute atomic E-state index is 12.4. The number of benzene rings is 2. The van der Waals surface area contributed by atoms with Gasteiger partial charge >= 0.3 is 0 Å². The standard InChI is InChI=1S/C20H18Cl2N4O2S3/c1-11(17(27)23-15-7-3-13(21)4-8-15)29-19-25-20(31-26-19)30-12(2)18(28)24-16-9-5-14(22)6-10-16/h3-12H,1-2H3,(H,23,27)(H,24,28). The summed E-state index contributed by atoms with van der Waals surface area (Å²) in [6.07, 6.45) is 0. The third-order valence-electron chi connectivity index (χ3n) is 3.91. The topological polar surface area (TPSA) is 84.0 Å². The van der Waals surface area contributed by atoms with Gasteiger partial charge in [-0.25, -0.2) is 4.98 Å². The Morgan fingerprint density at radius 2 is 1.29 bits per heavy atom. The highest BCUT2D eigenvalue weighted by Gasteiger charge is 2.20. The van der Waals surface area contributed by atoms with Crippen molar-refractivity contribution >= 4 is 81.4 Å². The van der Waals surface area contributed by atoms with Gasteiger partial charge in [-0.15, -0.1) is 0 Å². The molecule has 6 nitrogen and oxygen atoms in total. The third-order valence-corrected chi connectivity index (χ3v) is 7.38. The van der Waals surface area contributed by atoms with Crippen LogP contribution < -0.4 is 10.6 Å². The van der Waals surface area contributed by atoms with Crippen LogP contribution in [0.5, 0.6) is 0 Å². The Hall–Kier alpha value is -1.78. The SMILES string of the molecule is CC(Sc1nsc(SC(C)C(=O)Nc2ccc(Cl)cc2)n1)C(=O)Nc1ccc(Cl)cc1. The van der Waals surface area contributed by atoms with Crippen LogP contribution in [0.1, 0.15) is 13.8 Å². The first kappa shape index (κ1) is 23.9. The fourth-order valence-corrected chi connectivity index (χ4v) is 5.19. The van der Waals surface area contributed by atoms with Gasteiger partial charge in [-0.2, -0.15) is 4.37 Å². The van der Waals surface area contributed by atoms with Gasteiger partial charge in [0.15, 0.2) is 4.34 Å². The number of thioether (sulfide) groups is 2. The number of hydrogen-bond acceptors (Lipinski definition) is 7. The highest BCUT2D eigenvalue weighted by atomic mass is 35.5. The minimum absolute atomic E-state index is 0.146. The molecule has 2 aromatic carbocycles. The van der Waals surface area contributed by atoms with Crippen LogP contribution in [0.3, 0.4) is 0 Å². The molecule has 0 aliphatic heterocycles. The van der Waals surface area contributed by atoms with Gasteiger partial charge < -0.3 is 10.6 Å². The normalized spacial score (nSPS) is 12.8. The maximum Gasteiger partial charge on any atom is 0.237 e. The van der Waals surface area contributed by atoms with Crippen LogP contribution in [0.15, 0.2) is 58.0 Å². The summed E-state index contributed by atoms with van der Waals surface area (Å²) in [7, 11) is 0. The van der Waals surface area contributed by atoms with Crippen LogP contribution in [-0.4, -0.2) is 31.7 Å². The Morgan fingerprint density at radius 3 is 1.77 bits per heavy atom. The summed E-state index contributed by atoms with van der Waals surface area (Å²) in [6.45, 7) is 3.58. The van der Waals surface area contributed by atoms with E-state index in [1.54, 1.807) is 62.4 Å². The monoisotopic (exact) mass is 512 g/mol. The molecule has 11 heteroatoms. The molecule has 1 heterocycles. The van der Waals surface area contributed by atoms with Crippen molar-refractivity contribution in [1.29, 1.82) is 0 Å². The lowest BCUT2D eigenvalue weighted by Crippen LogP contribution is -2.22. The predicted molar refractivity (Wildman–Crippen MR) is 131 cm³/mol. The Balaban J connectivity index is 1.50. The molecule has 0 saturated heterocycles. The van der Waals surface area contributed by atoms with Crippen LogP contribution in [0.2, 0.25) is 10.0 Å². The second-order valence-corrected chi connectivity index (χ2v) is 10.9. The van der Waals surface area contributed by atoms with Crippen LogP contribution in [-0.2, 0) is 9.59 Å². The van der Waals surface area contributed by atoms with Gasteiger partial charge in [0.2, 0.25) is 17.0 Å². The molecule has 2 unspecified atom stereocenters. The molecule has 3 rings (SSSR count). The van der Waals surface area contributed by atoms with Gasteiger partial charge in [0, 0.05) is 21.4 Å². The molecule has 0 spiro atoms. The molecule has 0 aliphatic rings. The van der Waals surface area contributed by atoms with Crippen molar-refractivity contribution in [3.05, 3.63) is 58.6 Å². The van der Waals surface area contributed by atoms with Crippen LogP contribution in [0.4, 0.5) is 11.4 Å². The Kier molecular flexibility index (Phi) is 8.62. The lowest BCUT2D eigenvalue weighted by atomic mass is 10.3. The van der Waals surface area contributed by atoms with E-state index in [1.807, 2.05) is 0 Å². The van der Waals surface area contributed by atoms with E-state index >= 15 is 0 Å². The van der Waals surface area contributed by atoms with E-state index in [4.69, 9.17) is 23.2 Å². The number of nitrogens with zero attached hydrogens (tertiary/aromatic N) is 2. The minimum atomic E-state index is -0.395. The lowest BCUT2D eigenvalue weighted by molar-refractivity contribution is -0.116. The second kappa shape index (κ2) is 11.2. The van der Waals surface area contributed by atoms with Crippen molar-refractivity contribution in [1.82, 2.24) is 9.36 Å². The molecule has 3 aromatic rings. The minimum Gasteiger partial charge on any atom is -0.325 e. The molecule has 162 valence electrons. The van der Waals surface area contributed by atoms with Crippen molar-refractivity contribution in [3.63, 3.8) is 0 Å². The summed E-state index contributed by atoms with van der Waals surface area (Å²) in [6, 6.07) is 13.8. The molecule has 0 fully saturated rings. The number of nitrogens with one attached hydrogen (secondary N) is 2. The fraction of sp³-hybridized carbons (Fsp3) is 0.200. The second-order valence-electron chi connectivity index (χ2n) is 6.36. The number of amides is 2. The molecular weight excluding hydrogens is 495 g/mol. The van der Waals surface area contributed by atoms with E-state index in [-0.39, 0.29) is 17.1 Å². The highest BCUT2D eigenvalue weighted by molar-refractivity contribution is 8.02. The van der Waals surface area contributed by atoms with Gasteiger partial charge in [0.1, 0.15) is 0 Å². The molecule has 2 atom stereocenters. The molecule has 0 saturated carbocycles. The number of anilines is 2. The zero-order chi connectivity index (χ0) is 22.4. The molecular formula is C20H18Cl2N4O2S3. The molecule has 2 N–H and O–H groups in total. The number of aromatic nitrogens is 2. The van der Waals surface area contributed by atoms with Gasteiger partial charge in [-0.1, -0.05) is 46.7 Å². The number of rotatable bonds is 8. The van der Waals surface area contributed by atoms with Crippen molar-refractivity contribution < 1.29 is 9.59 Å². The van der Waals surface area contributed by atoms with Crippen molar-refractivity contribution in [2.75, 3.05) is 10.6 Å². The van der Waals surface area contributed by atoms with E-state index in [0.717, 1.165) is 0 Å². The zero-order valence-electron chi connectivity index (χ0n) is 16.5. The summed E-state index contributed by atoms with van der Waals surface area (Å²) < 4.78 is 4.95. The van der Waals surface area contributed by atoms with Gasteiger partial charge in [0.25, 0.3) is 0 Å². The quantitative estimate of drug-likeness (QED) is 0.355. The molecule has 1 aromatic heterocycles. The first-order valence-corrected chi connectivity index (χ1v) is 12.4. The number of carbonyl (C=O) groups is 2. The number of hydrogen-bond donors (Lipinski definition) is 2. The number of halogens is 2. The Bertz CT molecular complexity index is 963. The Labute approximate surface area is 202 Å². The third kappa shape index (κ3) is 7.40.